The van der Waals surface area contributed by atoms with Gasteiger partial charge in [-0.2, -0.15) is 0 Å². The van der Waals surface area contributed by atoms with E-state index < -0.39 is 13.1 Å². The van der Waals surface area contributed by atoms with Crippen LogP contribution >= 0.6 is 0 Å². The molecule has 0 saturated carbocycles. The summed E-state index contributed by atoms with van der Waals surface area (Å²) in [5.74, 6) is -0.395. The first-order valence-corrected chi connectivity index (χ1v) is 4.34. The highest BCUT2D eigenvalue weighted by Crippen LogP contribution is 2.14. The molecule has 4 nitrogen and oxygen atoms in total. The standard InChI is InChI=1S/C9H9BO4/c11-9-8-5-7(10(12)13)2-1-6(8)3-4-14-9/h1-2,5,12-13H,3-4H2. The Labute approximate surface area is 81.3 Å². The fraction of sp³-hybridized carbons (Fsp3) is 0.222. The third-order valence-electron chi connectivity index (χ3n) is 2.26. The summed E-state index contributed by atoms with van der Waals surface area (Å²) in [7, 11) is -1.55. The summed E-state index contributed by atoms with van der Waals surface area (Å²) >= 11 is 0. The van der Waals surface area contributed by atoms with Crippen LogP contribution in [0, 0.1) is 0 Å². The van der Waals surface area contributed by atoms with Gasteiger partial charge in [0.15, 0.2) is 0 Å². The van der Waals surface area contributed by atoms with Crippen LogP contribution in [0.25, 0.3) is 0 Å². The van der Waals surface area contributed by atoms with Gasteiger partial charge in [0.1, 0.15) is 0 Å². The third kappa shape index (κ3) is 1.52. The molecule has 2 rings (SSSR count). The monoisotopic (exact) mass is 192 g/mol. The minimum Gasteiger partial charge on any atom is -0.462 e. The lowest BCUT2D eigenvalue weighted by Gasteiger charge is -2.16. The van der Waals surface area contributed by atoms with Crippen molar-refractivity contribution in [1.82, 2.24) is 0 Å². The van der Waals surface area contributed by atoms with Crippen molar-refractivity contribution in [3.63, 3.8) is 0 Å². The van der Waals surface area contributed by atoms with E-state index in [1.807, 2.05) is 0 Å². The summed E-state index contributed by atoms with van der Waals surface area (Å²) < 4.78 is 4.84. The first-order valence-electron chi connectivity index (χ1n) is 4.34. The second-order valence-electron chi connectivity index (χ2n) is 3.18. The zero-order chi connectivity index (χ0) is 10.1. The minimum absolute atomic E-state index is 0.308. The van der Waals surface area contributed by atoms with Crippen molar-refractivity contribution in [3.05, 3.63) is 29.3 Å². The van der Waals surface area contributed by atoms with Gasteiger partial charge in [0.2, 0.25) is 0 Å². The van der Waals surface area contributed by atoms with Gasteiger partial charge in [-0.1, -0.05) is 12.1 Å². The fourth-order valence-electron chi connectivity index (χ4n) is 1.49. The van der Waals surface area contributed by atoms with Crippen molar-refractivity contribution in [1.29, 1.82) is 0 Å². The van der Waals surface area contributed by atoms with E-state index in [2.05, 4.69) is 0 Å². The Morgan fingerprint density at radius 1 is 1.36 bits per heavy atom. The van der Waals surface area contributed by atoms with Crippen LogP contribution in [-0.4, -0.2) is 29.7 Å². The smallest absolute Gasteiger partial charge is 0.462 e. The summed E-state index contributed by atoms with van der Waals surface area (Å²) in [6.45, 7) is 0.396. The third-order valence-corrected chi connectivity index (χ3v) is 2.26. The van der Waals surface area contributed by atoms with Crippen LogP contribution in [0.5, 0.6) is 0 Å². The van der Waals surface area contributed by atoms with Crippen LogP contribution in [0.3, 0.4) is 0 Å². The van der Waals surface area contributed by atoms with E-state index in [0.717, 1.165) is 5.56 Å². The molecule has 2 N–H and O–H groups in total. The predicted octanol–water partition coefficient (Wildman–Crippen LogP) is -0.921. The van der Waals surface area contributed by atoms with E-state index in [1.165, 1.54) is 6.07 Å². The first kappa shape index (κ1) is 9.24. The maximum atomic E-state index is 11.3. The first-order chi connectivity index (χ1) is 6.68. The van der Waals surface area contributed by atoms with Crippen LogP contribution in [0.4, 0.5) is 0 Å². The molecule has 0 aromatic heterocycles. The summed E-state index contributed by atoms with van der Waals surface area (Å²) in [4.78, 5) is 11.3. The minimum atomic E-state index is -1.55. The SMILES string of the molecule is O=C1OCCc2ccc(B(O)O)cc21. The lowest BCUT2D eigenvalue weighted by molar-refractivity contribution is 0.0480. The zero-order valence-electron chi connectivity index (χ0n) is 7.43. The Morgan fingerprint density at radius 3 is 2.86 bits per heavy atom. The molecule has 1 aromatic carbocycles. The second kappa shape index (κ2) is 3.44. The molecule has 0 unspecified atom stereocenters. The second-order valence-corrected chi connectivity index (χ2v) is 3.18. The van der Waals surface area contributed by atoms with Gasteiger partial charge in [-0.25, -0.2) is 4.79 Å². The molecule has 0 radical (unpaired) electrons. The average molecular weight is 192 g/mol. The van der Waals surface area contributed by atoms with Gasteiger partial charge in [0.05, 0.1) is 12.2 Å². The topological polar surface area (TPSA) is 66.8 Å². The van der Waals surface area contributed by atoms with Crippen molar-refractivity contribution in [2.45, 2.75) is 6.42 Å². The van der Waals surface area contributed by atoms with E-state index in [-0.39, 0.29) is 0 Å². The molecule has 14 heavy (non-hydrogen) atoms. The Morgan fingerprint density at radius 2 is 2.14 bits per heavy atom. The van der Waals surface area contributed by atoms with Gasteiger partial charge in [-0.15, -0.1) is 0 Å². The average Bonchev–Trinajstić information content (AvgIpc) is 2.18. The number of fused-ring (bicyclic) bond motifs is 1. The Bertz CT molecular complexity index is 375. The number of hydrogen-bond donors (Lipinski definition) is 2. The van der Waals surface area contributed by atoms with E-state index in [4.69, 9.17) is 14.8 Å². The molecular weight excluding hydrogens is 183 g/mol. The van der Waals surface area contributed by atoms with Crippen molar-refractivity contribution >= 4 is 18.6 Å². The summed E-state index contributed by atoms with van der Waals surface area (Å²) in [6, 6.07) is 4.79. The van der Waals surface area contributed by atoms with Crippen molar-refractivity contribution in [2.75, 3.05) is 6.61 Å². The maximum Gasteiger partial charge on any atom is 0.488 e. The summed E-state index contributed by atoms with van der Waals surface area (Å²) in [5.41, 5.74) is 1.63. The molecule has 1 aliphatic heterocycles. The molecule has 1 heterocycles. The quantitative estimate of drug-likeness (QED) is 0.446. The number of carbonyl (C=O) groups is 1. The maximum absolute atomic E-state index is 11.3. The number of hydrogen-bond acceptors (Lipinski definition) is 4. The lowest BCUT2D eigenvalue weighted by atomic mass is 9.78. The van der Waals surface area contributed by atoms with E-state index >= 15 is 0 Å². The molecule has 0 saturated heterocycles. The molecule has 0 bridgehead atoms. The number of benzene rings is 1. The zero-order valence-corrected chi connectivity index (χ0v) is 7.43. The Hall–Kier alpha value is -1.33. The lowest BCUT2D eigenvalue weighted by Crippen LogP contribution is -2.32. The van der Waals surface area contributed by atoms with Gasteiger partial charge in [-0.05, 0) is 17.1 Å². The highest BCUT2D eigenvalue weighted by Gasteiger charge is 2.21. The molecule has 1 aromatic rings. The molecule has 0 fully saturated rings. The largest absolute Gasteiger partial charge is 0.488 e. The number of rotatable bonds is 1. The Balaban J connectivity index is 2.46. The van der Waals surface area contributed by atoms with Gasteiger partial charge in [0.25, 0.3) is 0 Å². The predicted molar refractivity (Wildman–Crippen MR) is 50.3 cm³/mol. The van der Waals surface area contributed by atoms with E-state index in [9.17, 15) is 4.79 Å². The number of cyclic esters (lactones) is 1. The molecule has 0 atom stereocenters. The summed E-state index contributed by atoms with van der Waals surface area (Å²) in [6.07, 6.45) is 0.683. The van der Waals surface area contributed by atoms with Crippen LogP contribution < -0.4 is 5.46 Å². The van der Waals surface area contributed by atoms with Crippen LogP contribution in [0.15, 0.2) is 18.2 Å². The number of esters is 1. The van der Waals surface area contributed by atoms with Crippen LogP contribution in [0.1, 0.15) is 15.9 Å². The van der Waals surface area contributed by atoms with E-state index in [0.29, 0.717) is 24.1 Å². The van der Waals surface area contributed by atoms with Crippen LogP contribution in [-0.2, 0) is 11.2 Å². The van der Waals surface area contributed by atoms with Crippen molar-refractivity contribution < 1.29 is 19.6 Å². The normalized spacial score (nSPS) is 14.6. The van der Waals surface area contributed by atoms with Crippen molar-refractivity contribution in [2.24, 2.45) is 0 Å². The molecule has 72 valence electrons. The number of carbonyl (C=O) groups excluding carboxylic acids is 1. The molecular formula is C9H9BO4. The van der Waals surface area contributed by atoms with Crippen LogP contribution in [0.2, 0.25) is 0 Å². The molecule has 0 aliphatic carbocycles. The van der Waals surface area contributed by atoms with E-state index in [1.54, 1.807) is 12.1 Å². The molecule has 0 spiro atoms. The van der Waals surface area contributed by atoms with Gasteiger partial charge in [-0.3, -0.25) is 0 Å². The highest BCUT2D eigenvalue weighted by atomic mass is 16.5. The fourth-order valence-corrected chi connectivity index (χ4v) is 1.49. The highest BCUT2D eigenvalue weighted by molar-refractivity contribution is 6.58. The van der Waals surface area contributed by atoms with Gasteiger partial charge < -0.3 is 14.8 Å². The molecule has 0 amide bonds. The van der Waals surface area contributed by atoms with Gasteiger partial charge >= 0.3 is 13.1 Å². The Kier molecular flexibility index (Phi) is 2.27. The molecule has 1 aliphatic rings. The van der Waals surface area contributed by atoms with Gasteiger partial charge in [0, 0.05) is 6.42 Å². The summed E-state index contributed by atoms with van der Waals surface area (Å²) in [5, 5.41) is 17.8. The number of ether oxygens (including phenoxy) is 1. The molecule has 5 heteroatoms. The van der Waals surface area contributed by atoms with Crippen molar-refractivity contribution in [3.8, 4) is 0 Å².